The highest BCUT2D eigenvalue weighted by atomic mass is 16.5. The smallest absolute Gasteiger partial charge is 0.125 e. The predicted molar refractivity (Wildman–Crippen MR) is 63.2 cm³/mol. The van der Waals surface area contributed by atoms with Gasteiger partial charge in [-0.05, 0) is 31.2 Å². The molecule has 1 rings (SSSR count). The molecule has 16 heavy (non-hydrogen) atoms. The second kappa shape index (κ2) is 5.72. The van der Waals surface area contributed by atoms with Gasteiger partial charge >= 0.3 is 0 Å². The summed E-state index contributed by atoms with van der Waals surface area (Å²) in [6.45, 7) is 2.42. The summed E-state index contributed by atoms with van der Waals surface area (Å²) in [4.78, 5) is 0. The van der Waals surface area contributed by atoms with Crippen molar-refractivity contribution in [1.82, 2.24) is 5.32 Å². The van der Waals surface area contributed by atoms with Crippen LogP contribution < -0.4 is 14.8 Å². The van der Waals surface area contributed by atoms with E-state index in [0.717, 1.165) is 16.9 Å². The minimum absolute atomic E-state index is 0.497. The Kier molecular flexibility index (Phi) is 4.58. The molecular weight excluding hydrogens is 206 g/mol. The zero-order valence-corrected chi connectivity index (χ0v) is 10.2. The van der Waals surface area contributed by atoms with Crippen LogP contribution in [0.1, 0.15) is 17.2 Å². The van der Waals surface area contributed by atoms with Crippen LogP contribution in [0, 0.1) is 6.92 Å². The number of methoxy groups -OCH3 is 2. The minimum Gasteiger partial charge on any atom is -0.497 e. The fourth-order valence-electron chi connectivity index (χ4n) is 1.66. The Bertz CT molecular complexity index is 352. The van der Waals surface area contributed by atoms with E-state index in [9.17, 15) is 5.11 Å². The van der Waals surface area contributed by atoms with E-state index in [4.69, 9.17) is 9.47 Å². The van der Waals surface area contributed by atoms with Crippen LogP contribution in [0.4, 0.5) is 0 Å². The SMILES string of the molecule is CNCC(O)c1cc(OC)cc(OC)c1C. The highest BCUT2D eigenvalue weighted by Gasteiger charge is 2.14. The van der Waals surface area contributed by atoms with Crippen molar-refractivity contribution in [3.8, 4) is 11.5 Å². The zero-order chi connectivity index (χ0) is 12.1. The van der Waals surface area contributed by atoms with E-state index < -0.39 is 6.10 Å². The monoisotopic (exact) mass is 225 g/mol. The highest BCUT2D eigenvalue weighted by molar-refractivity contribution is 5.46. The summed E-state index contributed by atoms with van der Waals surface area (Å²) in [5.74, 6) is 1.41. The maximum Gasteiger partial charge on any atom is 0.125 e. The first-order valence-electron chi connectivity index (χ1n) is 5.19. The average Bonchev–Trinajstić information content (AvgIpc) is 2.29. The van der Waals surface area contributed by atoms with Crippen LogP contribution in [0.2, 0.25) is 0 Å². The first kappa shape index (κ1) is 12.8. The van der Waals surface area contributed by atoms with Gasteiger partial charge in [-0.1, -0.05) is 0 Å². The van der Waals surface area contributed by atoms with E-state index >= 15 is 0 Å². The van der Waals surface area contributed by atoms with Gasteiger partial charge < -0.3 is 19.9 Å². The van der Waals surface area contributed by atoms with E-state index in [2.05, 4.69) is 5.32 Å². The van der Waals surface area contributed by atoms with Gasteiger partial charge in [-0.3, -0.25) is 0 Å². The van der Waals surface area contributed by atoms with E-state index in [1.54, 1.807) is 21.3 Å². The maximum atomic E-state index is 9.97. The Labute approximate surface area is 96.2 Å². The third kappa shape index (κ3) is 2.65. The number of rotatable bonds is 5. The number of benzene rings is 1. The fourth-order valence-corrected chi connectivity index (χ4v) is 1.66. The van der Waals surface area contributed by atoms with Crippen molar-refractivity contribution in [3.05, 3.63) is 23.3 Å². The van der Waals surface area contributed by atoms with Crippen LogP contribution >= 0.6 is 0 Å². The van der Waals surface area contributed by atoms with Gasteiger partial charge in [0.25, 0.3) is 0 Å². The van der Waals surface area contributed by atoms with Crippen LogP contribution in [0.25, 0.3) is 0 Å². The fraction of sp³-hybridized carbons (Fsp3) is 0.500. The Balaban J connectivity index is 3.15. The van der Waals surface area contributed by atoms with Gasteiger partial charge in [0.15, 0.2) is 0 Å². The Morgan fingerprint density at radius 3 is 2.50 bits per heavy atom. The number of nitrogens with one attached hydrogen (secondary N) is 1. The summed E-state index contributed by atoms with van der Waals surface area (Å²) in [7, 11) is 5.00. The molecule has 1 aromatic carbocycles. The minimum atomic E-state index is -0.561. The molecule has 4 heteroatoms. The molecule has 2 N–H and O–H groups in total. The molecular formula is C12H19NO3. The van der Waals surface area contributed by atoms with Crippen LogP contribution in [0.5, 0.6) is 11.5 Å². The number of ether oxygens (including phenoxy) is 2. The second-order valence-corrected chi connectivity index (χ2v) is 3.62. The molecule has 0 radical (unpaired) electrons. The van der Waals surface area contributed by atoms with Gasteiger partial charge in [-0.25, -0.2) is 0 Å². The molecule has 4 nitrogen and oxygen atoms in total. The zero-order valence-electron chi connectivity index (χ0n) is 10.2. The third-order valence-corrected chi connectivity index (χ3v) is 2.59. The van der Waals surface area contributed by atoms with Crippen molar-refractivity contribution >= 4 is 0 Å². The van der Waals surface area contributed by atoms with Crippen molar-refractivity contribution in [2.45, 2.75) is 13.0 Å². The standard InChI is InChI=1S/C12H19NO3/c1-8-10(11(14)7-13-2)5-9(15-3)6-12(8)16-4/h5-6,11,13-14H,7H2,1-4H3. The molecule has 0 amide bonds. The van der Waals surface area contributed by atoms with Crippen LogP contribution in [-0.4, -0.2) is 32.9 Å². The normalized spacial score (nSPS) is 12.3. The summed E-state index contributed by atoms with van der Waals surface area (Å²) in [5, 5.41) is 12.9. The Hall–Kier alpha value is -1.26. The number of aliphatic hydroxyl groups is 1. The molecule has 0 aliphatic rings. The lowest BCUT2D eigenvalue weighted by Crippen LogP contribution is -2.17. The molecule has 0 bridgehead atoms. The first-order valence-corrected chi connectivity index (χ1v) is 5.19. The number of hydrogen-bond donors (Lipinski definition) is 2. The quantitative estimate of drug-likeness (QED) is 0.792. The summed E-state index contributed by atoms with van der Waals surface area (Å²) in [5.41, 5.74) is 1.76. The molecule has 0 aliphatic heterocycles. The molecule has 1 unspecified atom stereocenters. The van der Waals surface area contributed by atoms with Gasteiger partial charge in [0.2, 0.25) is 0 Å². The van der Waals surface area contributed by atoms with Crippen LogP contribution in [0.15, 0.2) is 12.1 Å². The molecule has 0 heterocycles. The summed E-state index contributed by atoms with van der Waals surface area (Å²) in [6, 6.07) is 3.64. The second-order valence-electron chi connectivity index (χ2n) is 3.62. The first-order chi connectivity index (χ1) is 7.63. The van der Waals surface area contributed by atoms with E-state index in [0.29, 0.717) is 12.3 Å². The van der Waals surface area contributed by atoms with Crippen LogP contribution in [-0.2, 0) is 0 Å². The van der Waals surface area contributed by atoms with Crippen molar-refractivity contribution in [2.75, 3.05) is 27.8 Å². The average molecular weight is 225 g/mol. The molecule has 0 aliphatic carbocycles. The topological polar surface area (TPSA) is 50.7 Å². The largest absolute Gasteiger partial charge is 0.497 e. The lowest BCUT2D eigenvalue weighted by molar-refractivity contribution is 0.176. The van der Waals surface area contributed by atoms with Gasteiger partial charge in [-0.15, -0.1) is 0 Å². The Morgan fingerprint density at radius 2 is 2.00 bits per heavy atom. The highest BCUT2D eigenvalue weighted by Crippen LogP contribution is 2.31. The van der Waals surface area contributed by atoms with Crippen LogP contribution in [0.3, 0.4) is 0 Å². The molecule has 1 atom stereocenters. The number of likely N-dealkylation sites (N-methyl/N-ethyl adjacent to an activating group) is 1. The van der Waals surface area contributed by atoms with Gasteiger partial charge in [-0.2, -0.15) is 0 Å². The van der Waals surface area contributed by atoms with Gasteiger partial charge in [0, 0.05) is 12.6 Å². The van der Waals surface area contributed by atoms with Crippen molar-refractivity contribution in [1.29, 1.82) is 0 Å². The van der Waals surface area contributed by atoms with Gasteiger partial charge in [0.05, 0.1) is 20.3 Å². The number of hydrogen-bond acceptors (Lipinski definition) is 4. The lowest BCUT2D eigenvalue weighted by atomic mass is 10.0. The Morgan fingerprint density at radius 1 is 1.31 bits per heavy atom. The lowest BCUT2D eigenvalue weighted by Gasteiger charge is -2.17. The molecule has 0 fully saturated rings. The van der Waals surface area contributed by atoms with Crippen molar-refractivity contribution in [3.63, 3.8) is 0 Å². The molecule has 90 valence electrons. The number of aliphatic hydroxyl groups excluding tert-OH is 1. The predicted octanol–water partition coefficient (Wildman–Crippen LogP) is 1.27. The summed E-state index contributed by atoms with van der Waals surface area (Å²) >= 11 is 0. The van der Waals surface area contributed by atoms with E-state index in [-0.39, 0.29) is 0 Å². The summed E-state index contributed by atoms with van der Waals surface area (Å²) in [6.07, 6.45) is -0.561. The molecule has 0 saturated heterocycles. The third-order valence-electron chi connectivity index (χ3n) is 2.59. The molecule has 0 spiro atoms. The van der Waals surface area contributed by atoms with Crippen molar-refractivity contribution < 1.29 is 14.6 Å². The van der Waals surface area contributed by atoms with E-state index in [1.165, 1.54) is 0 Å². The van der Waals surface area contributed by atoms with E-state index in [1.807, 2.05) is 19.1 Å². The molecule has 0 aromatic heterocycles. The van der Waals surface area contributed by atoms with Gasteiger partial charge in [0.1, 0.15) is 11.5 Å². The molecule has 1 aromatic rings. The maximum absolute atomic E-state index is 9.97. The summed E-state index contributed by atoms with van der Waals surface area (Å²) < 4.78 is 10.4. The van der Waals surface area contributed by atoms with Crippen molar-refractivity contribution in [2.24, 2.45) is 0 Å². The molecule has 0 saturated carbocycles.